The molecule has 4 aromatic rings. The third-order valence-corrected chi connectivity index (χ3v) is 5.60. The monoisotopic (exact) mass is 396 g/mol. The highest BCUT2D eigenvalue weighted by Crippen LogP contribution is 2.34. The smallest absolute Gasteiger partial charge is 0.131 e. The summed E-state index contributed by atoms with van der Waals surface area (Å²) in [5, 5.41) is 15.8. The molecular weight excluding hydrogens is 372 g/mol. The Morgan fingerprint density at radius 2 is 1.63 bits per heavy atom. The maximum atomic E-state index is 5.01. The van der Waals surface area contributed by atoms with E-state index >= 15 is 0 Å². The number of benzene rings is 3. The van der Waals surface area contributed by atoms with E-state index in [-0.39, 0.29) is 6.04 Å². The van der Waals surface area contributed by atoms with Crippen LogP contribution in [0.1, 0.15) is 23.6 Å². The van der Waals surface area contributed by atoms with Crippen LogP contribution in [0, 0.1) is 0 Å². The number of anilines is 1. The van der Waals surface area contributed by atoms with Gasteiger partial charge in [-0.05, 0) is 35.4 Å². The molecule has 0 saturated carbocycles. The first-order chi connectivity index (χ1) is 14.7. The van der Waals surface area contributed by atoms with Gasteiger partial charge in [-0.15, -0.1) is 5.10 Å². The molecule has 150 valence electrons. The van der Waals surface area contributed by atoms with Gasteiger partial charge in [0.25, 0.3) is 0 Å². The van der Waals surface area contributed by atoms with E-state index in [0.717, 1.165) is 23.2 Å². The predicted octanol–water partition coefficient (Wildman–Crippen LogP) is 4.31. The molecule has 1 aliphatic rings. The van der Waals surface area contributed by atoms with Crippen molar-refractivity contribution in [1.29, 1.82) is 0 Å². The van der Waals surface area contributed by atoms with E-state index < -0.39 is 0 Å². The average Bonchev–Trinajstić information content (AvgIpc) is 3.39. The fourth-order valence-electron chi connectivity index (χ4n) is 3.93. The van der Waals surface area contributed by atoms with Crippen molar-refractivity contribution >= 4 is 22.4 Å². The lowest BCUT2D eigenvalue weighted by molar-refractivity contribution is 0.173. The van der Waals surface area contributed by atoms with Crippen LogP contribution in [-0.4, -0.2) is 39.8 Å². The van der Waals surface area contributed by atoms with E-state index in [0.29, 0.717) is 6.67 Å². The molecule has 1 unspecified atom stereocenters. The van der Waals surface area contributed by atoms with Crippen molar-refractivity contribution in [3.05, 3.63) is 90.0 Å². The van der Waals surface area contributed by atoms with Crippen LogP contribution in [0.2, 0.25) is 0 Å². The Labute approximate surface area is 176 Å². The number of rotatable bonds is 5. The van der Waals surface area contributed by atoms with Gasteiger partial charge in [-0.2, -0.15) is 5.10 Å². The fraction of sp³-hybridized carbons (Fsp3) is 0.208. The SMILES string of the molecule is CN(C)c1ccc(C2CC(c3ccccc3)=NN2Cn2nnc3ccccc32)cc1. The van der Waals surface area contributed by atoms with Gasteiger partial charge in [-0.1, -0.05) is 59.8 Å². The zero-order chi connectivity index (χ0) is 20.5. The van der Waals surface area contributed by atoms with Gasteiger partial charge in [0.15, 0.2) is 0 Å². The van der Waals surface area contributed by atoms with E-state index in [1.165, 1.54) is 16.8 Å². The molecule has 6 heteroatoms. The molecule has 30 heavy (non-hydrogen) atoms. The second-order valence-corrected chi connectivity index (χ2v) is 7.78. The molecule has 0 saturated heterocycles. The van der Waals surface area contributed by atoms with E-state index in [2.05, 4.69) is 82.8 Å². The molecule has 6 nitrogen and oxygen atoms in total. The van der Waals surface area contributed by atoms with Crippen LogP contribution in [0.5, 0.6) is 0 Å². The molecular formula is C24H24N6. The van der Waals surface area contributed by atoms with Crippen LogP contribution in [0.3, 0.4) is 0 Å². The van der Waals surface area contributed by atoms with Crippen LogP contribution in [0.4, 0.5) is 5.69 Å². The van der Waals surface area contributed by atoms with Gasteiger partial charge in [0, 0.05) is 26.2 Å². The third kappa shape index (κ3) is 3.41. The van der Waals surface area contributed by atoms with Crippen LogP contribution in [0.15, 0.2) is 84.0 Å². The summed E-state index contributed by atoms with van der Waals surface area (Å²) in [6, 6.07) is 27.3. The standard InChI is InChI=1S/C24H24N6/c1-28(2)20-14-12-19(13-15-20)24-16-22(18-8-4-3-5-9-18)26-29(24)17-30-23-11-7-6-10-21(23)25-27-30/h3-15,24H,16-17H2,1-2H3. The normalized spacial score (nSPS) is 16.1. The summed E-state index contributed by atoms with van der Waals surface area (Å²) >= 11 is 0. The largest absolute Gasteiger partial charge is 0.378 e. The number of hydrazone groups is 1. The van der Waals surface area contributed by atoms with Crippen molar-refractivity contribution in [3.8, 4) is 0 Å². The second-order valence-electron chi connectivity index (χ2n) is 7.78. The summed E-state index contributed by atoms with van der Waals surface area (Å²) in [6.45, 7) is 0.553. The highest BCUT2D eigenvalue weighted by Gasteiger charge is 2.29. The highest BCUT2D eigenvalue weighted by atomic mass is 15.6. The minimum Gasteiger partial charge on any atom is -0.378 e. The zero-order valence-electron chi connectivity index (χ0n) is 17.2. The molecule has 0 spiro atoms. The summed E-state index contributed by atoms with van der Waals surface area (Å²) in [6.07, 6.45) is 0.859. The first-order valence-corrected chi connectivity index (χ1v) is 10.1. The minimum atomic E-state index is 0.152. The molecule has 2 heterocycles. The first-order valence-electron chi connectivity index (χ1n) is 10.1. The van der Waals surface area contributed by atoms with Crippen molar-refractivity contribution in [3.63, 3.8) is 0 Å². The Kier molecular flexibility index (Phi) is 4.67. The third-order valence-electron chi connectivity index (χ3n) is 5.60. The maximum Gasteiger partial charge on any atom is 0.131 e. The van der Waals surface area contributed by atoms with Gasteiger partial charge >= 0.3 is 0 Å². The van der Waals surface area contributed by atoms with Crippen LogP contribution in [-0.2, 0) is 6.67 Å². The number of para-hydroxylation sites is 1. The number of aromatic nitrogens is 3. The lowest BCUT2D eigenvalue weighted by Crippen LogP contribution is -2.23. The van der Waals surface area contributed by atoms with E-state index in [1.807, 2.05) is 35.0 Å². The van der Waals surface area contributed by atoms with Gasteiger partial charge < -0.3 is 4.90 Å². The predicted molar refractivity (Wildman–Crippen MR) is 120 cm³/mol. The number of fused-ring (bicyclic) bond motifs is 1. The number of nitrogens with zero attached hydrogens (tertiary/aromatic N) is 6. The average molecular weight is 396 g/mol. The molecule has 5 rings (SSSR count). The van der Waals surface area contributed by atoms with Crippen molar-refractivity contribution in [1.82, 2.24) is 20.0 Å². The van der Waals surface area contributed by atoms with Crippen LogP contribution < -0.4 is 4.90 Å². The van der Waals surface area contributed by atoms with Gasteiger partial charge in [-0.25, -0.2) is 4.68 Å². The van der Waals surface area contributed by atoms with Gasteiger partial charge in [0.2, 0.25) is 0 Å². The molecule has 1 aliphatic heterocycles. The number of hydrogen-bond donors (Lipinski definition) is 0. The molecule has 0 amide bonds. The second kappa shape index (κ2) is 7.63. The van der Waals surface area contributed by atoms with Crippen LogP contribution >= 0.6 is 0 Å². The lowest BCUT2D eigenvalue weighted by atomic mass is 9.98. The summed E-state index contributed by atoms with van der Waals surface area (Å²) in [7, 11) is 4.12. The van der Waals surface area contributed by atoms with Gasteiger partial charge in [-0.3, -0.25) is 5.01 Å². The maximum absolute atomic E-state index is 5.01. The topological polar surface area (TPSA) is 49.5 Å². The van der Waals surface area contributed by atoms with Crippen molar-refractivity contribution < 1.29 is 0 Å². The quantitative estimate of drug-likeness (QED) is 0.504. The molecule has 3 aromatic carbocycles. The molecule has 0 bridgehead atoms. The van der Waals surface area contributed by atoms with E-state index in [1.54, 1.807) is 0 Å². The summed E-state index contributed by atoms with van der Waals surface area (Å²) in [5.74, 6) is 0. The Balaban J connectivity index is 1.50. The van der Waals surface area contributed by atoms with E-state index in [4.69, 9.17) is 5.10 Å². The Morgan fingerprint density at radius 3 is 2.40 bits per heavy atom. The molecule has 1 aromatic heterocycles. The Bertz CT molecular complexity index is 1180. The van der Waals surface area contributed by atoms with Crippen molar-refractivity contribution in [2.45, 2.75) is 19.1 Å². The fourth-order valence-corrected chi connectivity index (χ4v) is 3.93. The number of hydrogen-bond acceptors (Lipinski definition) is 5. The van der Waals surface area contributed by atoms with Gasteiger partial charge in [0.1, 0.15) is 12.2 Å². The molecule has 0 aliphatic carbocycles. The molecule has 1 atom stereocenters. The first kappa shape index (κ1) is 18.4. The minimum absolute atomic E-state index is 0.152. The molecule has 0 radical (unpaired) electrons. The van der Waals surface area contributed by atoms with Crippen LogP contribution in [0.25, 0.3) is 11.0 Å². The highest BCUT2D eigenvalue weighted by molar-refractivity contribution is 6.01. The van der Waals surface area contributed by atoms with Crippen molar-refractivity contribution in [2.24, 2.45) is 5.10 Å². The summed E-state index contributed by atoms with van der Waals surface area (Å²) in [4.78, 5) is 2.11. The van der Waals surface area contributed by atoms with E-state index in [9.17, 15) is 0 Å². The molecule has 0 N–H and O–H groups in total. The van der Waals surface area contributed by atoms with Gasteiger partial charge in [0.05, 0.1) is 17.3 Å². The Hall–Kier alpha value is -3.67. The Morgan fingerprint density at radius 1 is 0.900 bits per heavy atom. The van der Waals surface area contributed by atoms with Crippen molar-refractivity contribution in [2.75, 3.05) is 19.0 Å². The summed E-state index contributed by atoms with van der Waals surface area (Å²) < 4.78 is 1.92. The summed E-state index contributed by atoms with van der Waals surface area (Å²) in [5.41, 5.74) is 6.62. The zero-order valence-corrected chi connectivity index (χ0v) is 17.2. The lowest BCUT2D eigenvalue weighted by Gasteiger charge is -2.24. The molecule has 0 fully saturated rings.